The second kappa shape index (κ2) is 12.7. The Morgan fingerprint density at radius 1 is 0.527 bits per heavy atom. The molecule has 2 unspecified atom stereocenters. The van der Waals surface area contributed by atoms with Gasteiger partial charge in [-0.1, -0.05) is 40.5 Å². The normalized spacial score (nSPS) is 13.5. The smallest absolute Gasteiger partial charge is 0.216 e. The van der Waals surface area contributed by atoms with Crippen LogP contribution in [0.3, 0.4) is 0 Å². The molecule has 0 N–H and O–H groups in total. The second-order valence-electron chi connectivity index (χ2n) is 14.2. The summed E-state index contributed by atoms with van der Waals surface area (Å²) in [7, 11) is 0. The van der Waals surface area contributed by atoms with Gasteiger partial charge in [0.2, 0.25) is 21.7 Å². The molecule has 278 valence electrons. The van der Waals surface area contributed by atoms with E-state index >= 15 is 0 Å². The van der Waals surface area contributed by atoms with Crippen LogP contribution in [0.25, 0.3) is 62.4 Å². The summed E-state index contributed by atoms with van der Waals surface area (Å²) in [6.45, 7) is 9.90. The Morgan fingerprint density at radius 3 is 1.16 bits per heavy atom. The summed E-state index contributed by atoms with van der Waals surface area (Å²) < 4.78 is 64.3. The molecule has 0 aliphatic rings. The van der Waals surface area contributed by atoms with Crippen molar-refractivity contribution >= 4 is 106 Å². The van der Waals surface area contributed by atoms with Crippen molar-refractivity contribution in [1.29, 1.82) is 0 Å². The topological polar surface area (TPSA) is 103 Å². The van der Waals surface area contributed by atoms with Gasteiger partial charge >= 0.3 is 0 Å². The number of nitrogens with zero attached hydrogens (tertiary/aromatic N) is 4. The fourth-order valence-corrected chi connectivity index (χ4v) is 10.9. The summed E-state index contributed by atoms with van der Waals surface area (Å²) in [4.78, 5) is 61.6. The second-order valence-corrected chi connectivity index (χ2v) is 17.2. The monoisotopic (exact) mass is 800 g/mol. The minimum absolute atomic E-state index is 0.214. The molecule has 9 rings (SSSR count). The van der Waals surface area contributed by atoms with Crippen LogP contribution in [0.4, 0.5) is 27.6 Å². The summed E-state index contributed by atoms with van der Waals surface area (Å²) in [5.74, 6) is -4.29. The van der Waals surface area contributed by atoms with Gasteiger partial charge in [0.15, 0.2) is 34.0 Å². The van der Waals surface area contributed by atoms with Gasteiger partial charge in [0.25, 0.3) is 0 Å². The highest BCUT2D eigenvalue weighted by Gasteiger charge is 2.27. The summed E-state index contributed by atoms with van der Waals surface area (Å²) in [5.41, 5.74) is 0.821. The highest BCUT2D eigenvalue weighted by Crippen LogP contribution is 2.51. The SMILES string of the molecule is CCC(C)Cn1c2cc(N=c3c(=O)c4cc(F)c(F)cc4c3=O)sc2c2sc3c4sc(N=c5c(=O)c6cc(F)c(F)cc6c5=O)cc4n(CC(C)CC)c3c21. The molecule has 0 fully saturated rings. The van der Waals surface area contributed by atoms with Crippen molar-refractivity contribution in [2.45, 2.75) is 53.6 Å². The Labute approximate surface area is 318 Å². The van der Waals surface area contributed by atoms with Gasteiger partial charge in [-0.25, -0.2) is 27.5 Å². The van der Waals surface area contributed by atoms with Crippen LogP contribution >= 0.6 is 34.0 Å². The summed E-state index contributed by atoms with van der Waals surface area (Å²) >= 11 is 4.23. The van der Waals surface area contributed by atoms with E-state index in [-0.39, 0.29) is 33.4 Å². The molecule has 0 aliphatic heterocycles. The van der Waals surface area contributed by atoms with E-state index in [1.807, 2.05) is 12.1 Å². The Balaban J connectivity index is 1.29. The first-order valence-corrected chi connectivity index (χ1v) is 20.1. The van der Waals surface area contributed by atoms with E-state index in [4.69, 9.17) is 0 Å². The highest BCUT2D eigenvalue weighted by atomic mass is 32.1. The fourth-order valence-electron chi connectivity index (χ4n) is 7.28. The van der Waals surface area contributed by atoms with Crippen LogP contribution in [0.1, 0.15) is 40.5 Å². The predicted octanol–water partition coefficient (Wildman–Crippen LogP) is 8.70. The van der Waals surface area contributed by atoms with E-state index in [1.165, 1.54) is 22.7 Å². The van der Waals surface area contributed by atoms with Crippen LogP contribution < -0.4 is 32.4 Å². The van der Waals surface area contributed by atoms with E-state index in [2.05, 4.69) is 46.8 Å². The van der Waals surface area contributed by atoms with Gasteiger partial charge in [-0.3, -0.25) is 19.2 Å². The average Bonchev–Trinajstić information content (AvgIpc) is 4.01. The first-order valence-electron chi connectivity index (χ1n) is 17.6. The molecule has 2 atom stereocenters. The summed E-state index contributed by atoms with van der Waals surface area (Å²) in [5, 5.41) is -0.831. The summed E-state index contributed by atoms with van der Waals surface area (Å²) in [6, 6.07) is 6.65. The third-order valence-electron chi connectivity index (χ3n) is 10.6. The number of aromatic nitrogens is 2. The van der Waals surface area contributed by atoms with E-state index in [0.717, 1.165) is 78.0 Å². The molecular weight excluding hydrogens is 773 g/mol. The van der Waals surface area contributed by atoms with Crippen LogP contribution in [0.15, 0.2) is 65.6 Å². The van der Waals surface area contributed by atoms with Crippen molar-refractivity contribution in [1.82, 2.24) is 9.13 Å². The van der Waals surface area contributed by atoms with E-state index in [9.17, 15) is 36.7 Å². The van der Waals surface area contributed by atoms with Crippen LogP contribution in [0, 0.1) is 35.1 Å². The molecule has 0 amide bonds. The highest BCUT2D eigenvalue weighted by molar-refractivity contribution is 7.35. The zero-order valence-corrected chi connectivity index (χ0v) is 32.1. The van der Waals surface area contributed by atoms with Gasteiger partial charge in [0.1, 0.15) is 10.0 Å². The lowest BCUT2D eigenvalue weighted by molar-refractivity contribution is 0.480. The van der Waals surface area contributed by atoms with Gasteiger partial charge in [0, 0.05) is 34.6 Å². The number of halogens is 4. The van der Waals surface area contributed by atoms with E-state index in [1.54, 1.807) is 11.3 Å². The Kier molecular flexibility index (Phi) is 8.22. The lowest BCUT2D eigenvalue weighted by atomic mass is 10.1. The molecule has 0 saturated carbocycles. The number of hydrogen-bond donors (Lipinski definition) is 0. The minimum atomic E-state index is -1.22. The van der Waals surface area contributed by atoms with E-state index in [0.29, 0.717) is 23.1 Å². The average molecular weight is 801 g/mol. The number of benzene rings is 2. The van der Waals surface area contributed by atoms with Crippen molar-refractivity contribution in [3.05, 3.63) is 111 Å². The molecule has 5 heterocycles. The molecule has 0 saturated heterocycles. The molecule has 15 heteroatoms. The number of rotatable bonds is 8. The van der Waals surface area contributed by atoms with Crippen LogP contribution in [-0.4, -0.2) is 9.13 Å². The van der Waals surface area contributed by atoms with Crippen molar-refractivity contribution in [3.8, 4) is 0 Å². The third kappa shape index (κ3) is 5.26. The van der Waals surface area contributed by atoms with Gasteiger partial charge in [0.05, 0.1) is 40.9 Å². The molecule has 9 aromatic rings. The first-order chi connectivity index (χ1) is 26.3. The Hall–Kier alpha value is -5.12. The van der Waals surface area contributed by atoms with Crippen LogP contribution in [0.2, 0.25) is 0 Å². The molecule has 55 heavy (non-hydrogen) atoms. The molecule has 0 spiro atoms. The standard InChI is InChI=1S/C40H28F4N4O4S3/c1-5-15(3)13-47-25-11-27(45-29-33(49)17-7-21(41)22(42)8-18(17)34(29)50)53-37(25)39-31(47)32-40(55-39)38-26(48(32)14-16(4)6-2)12-28(54-38)46-30-35(51)19-9-23(43)24(44)10-20(19)36(30)52/h7-12,15-16H,5-6,13-14H2,1-4H3. The molecule has 0 bridgehead atoms. The van der Waals surface area contributed by atoms with Gasteiger partial charge < -0.3 is 9.13 Å². The quantitative estimate of drug-likeness (QED) is 0.144. The molecule has 5 aromatic heterocycles. The zero-order chi connectivity index (χ0) is 38.8. The Morgan fingerprint density at radius 2 is 0.855 bits per heavy atom. The van der Waals surface area contributed by atoms with Crippen molar-refractivity contribution in [2.75, 3.05) is 0 Å². The van der Waals surface area contributed by atoms with Gasteiger partial charge in [-0.2, -0.15) is 0 Å². The van der Waals surface area contributed by atoms with Crippen LogP contribution in [0.5, 0.6) is 0 Å². The minimum Gasteiger partial charge on any atom is -0.337 e. The lowest BCUT2D eigenvalue weighted by Crippen LogP contribution is -2.31. The first kappa shape index (κ1) is 35.6. The predicted molar refractivity (Wildman–Crippen MR) is 213 cm³/mol. The van der Waals surface area contributed by atoms with Crippen LogP contribution in [-0.2, 0) is 13.1 Å². The third-order valence-corrected chi connectivity index (χ3v) is 14.1. The summed E-state index contributed by atoms with van der Waals surface area (Å²) in [6.07, 6.45) is 1.82. The van der Waals surface area contributed by atoms with Crippen molar-refractivity contribution in [3.63, 3.8) is 0 Å². The largest absolute Gasteiger partial charge is 0.337 e. The van der Waals surface area contributed by atoms with Gasteiger partial charge in [-0.15, -0.1) is 34.0 Å². The maximum atomic E-state index is 14.0. The maximum Gasteiger partial charge on any atom is 0.216 e. The molecule has 0 radical (unpaired) electrons. The lowest BCUT2D eigenvalue weighted by Gasteiger charge is -2.15. The van der Waals surface area contributed by atoms with Crippen molar-refractivity contribution < 1.29 is 17.6 Å². The molecule has 8 nitrogen and oxygen atoms in total. The zero-order valence-electron chi connectivity index (χ0n) is 29.6. The maximum absolute atomic E-state index is 14.0. The Bertz CT molecular complexity index is 3100. The fraction of sp³-hybridized carbons (Fsp3) is 0.250. The number of hydrogen-bond acceptors (Lipinski definition) is 9. The number of thiophene rings is 3. The molecule has 0 aliphatic carbocycles. The molecule has 4 aromatic carbocycles. The number of fused-ring (bicyclic) bond motifs is 9. The van der Waals surface area contributed by atoms with Crippen molar-refractivity contribution in [2.24, 2.45) is 21.8 Å². The van der Waals surface area contributed by atoms with Gasteiger partial charge in [-0.05, 0) is 48.2 Å². The van der Waals surface area contributed by atoms with E-state index < -0.39 is 55.7 Å². The molecular formula is C40H28F4N4O4S3.